The quantitative estimate of drug-likeness (QED) is 0.800. The number of carbonyl (C=O) groups excluding carboxylic acids is 2. The number of hydrogen-bond donors (Lipinski definition) is 0. The molecule has 6 nitrogen and oxygen atoms in total. The van der Waals surface area contributed by atoms with Gasteiger partial charge in [0.2, 0.25) is 0 Å². The van der Waals surface area contributed by atoms with Crippen molar-refractivity contribution in [1.29, 1.82) is 0 Å². The van der Waals surface area contributed by atoms with Gasteiger partial charge in [-0.15, -0.1) is 0 Å². The number of esters is 1. The maximum absolute atomic E-state index is 12.4. The highest BCUT2D eigenvalue weighted by atomic mass is 16.5. The number of aryl methyl sites for hydroxylation is 1. The van der Waals surface area contributed by atoms with Crippen molar-refractivity contribution < 1.29 is 23.8 Å². The Kier molecular flexibility index (Phi) is 4.61. The highest BCUT2D eigenvalue weighted by Crippen LogP contribution is 2.35. The first-order valence-corrected chi connectivity index (χ1v) is 7.82. The third-order valence-corrected chi connectivity index (χ3v) is 4.09. The van der Waals surface area contributed by atoms with E-state index in [1.54, 1.807) is 30.2 Å². The highest BCUT2D eigenvalue weighted by Gasteiger charge is 2.27. The van der Waals surface area contributed by atoms with Crippen LogP contribution in [0.5, 0.6) is 11.5 Å². The van der Waals surface area contributed by atoms with Crippen molar-refractivity contribution in [2.45, 2.75) is 13.5 Å². The van der Waals surface area contributed by atoms with Crippen LogP contribution >= 0.6 is 0 Å². The van der Waals surface area contributed by atoms with Gasteiger partial charge in [-0.25, -0.2) is 4.79 Å². The number of fused-ring (bicyclic) bond motifs is 1. The summed E-state index contributed by atoms with van der Waals surface area (Å²) in [7, 11) is 2.92. The lowest BCUT2D eigenvalue weighted by molar-refractivity contribution is -0.121. The molecule has 0 aromatic heterocycles. The van der Waals surface area contributed by atoms with Crippen molar-refractivity contribution in [2.24, 2.45) is 0 Å². The predicted octanol–water partition coefficient (Wildman–Crippen LogP) is 2.72. The van der Waals surface area contributed by atoms with E-state index in [0.717, 1.165) is 11.1 Å². The van der Waals surface area contributed by atoms with Gasteiger partial charge < -0.3 is 19.1 Å². The summed E-state index contributed by atoms with van der Waals surface area (Å²) in [4.78, 5) is 25.8. The highest BCUT2D eigenvalue weighted by molar-refractivity contribution is 6.00. The van der Waals surface area contributed by atoms with E-state index in [0.29, 0.717) is 29.3 Å². The summed E-state index contributed by atoms with van der Waals surface area (Å²) in [5.41, 5.74) is 2.85. The lowest BCUT2D eigenvalue weighted by atomic mass is 10.1. The van der Waals surface area contributed by atoms with Crippen LogP contribution in [0.3, 0.4) is 0 Å². The van der Waals surface area contributed by atoms with Crippen molar-refractivity contribution in [3.05, 3.63) is 53.1 Å². The molecule has 0 aliphatic carbocycles. The molecule has 130 valence electrons. The number of hydrogen-bond acceptors (Lipinski definition) is 5. The third kappa shape index (κ3) is 3.28. The molecule has 1 aliphatic heterocycles. The van der Waals surface area contributed by atoms with Gasteiger partial charge in [0, 0.05) is 5.56 Å². The minimum absolute atomic E-state index is 0.0429. The van der Waals surface area contributed by atoms with Gasteiger partial charge in [-0.1, -0.05) is 12.1 Å². The Morgan fingerprint density at radius 1 is 1.20 bits per heavy atom. The molecule has 0 atom stereocenters. The molecule has 1 heterocycles. The second kappa shape index (κ2) is 6.84. The number of methoxy groups -OCH3 is 2. The van der Waals surface area contributed by atoms with Crippen LogP contribution in [0, 0.1) is 6.92 Å². The van der Waals surface area contributed by atoms with Crippen molar-refractivity contribution in [2.75, 3.05) is 25.7 Å². The molecule has 3 rings (SSSR count). The van der Waals surface area contributed by atoms with E-state index in [-0.39, 0.29) is 12.5 Å². The van der Waals surface area contributed by atoms with Crippen LogP contribution in [0.15, 0.2) is 36.4 Å². The summed E-state index contributed by atoms with van der Waals surface area (Å²) < 4.78 is 15.7. The van der Waals surface area contributed by atoms with E-state index in [1.165, 1.54) is 7.11 Å². The molecule has 1 amide bonds. The fourth-order valence-corrected chi connectivity index (χ4v) is 2.77. The van der Waals surface area contributed by atoms with E-state index >= 15 is 0 Å². The Bertz CT molecular complexity index is 831. The topological polar surface area (TPSA) is 65.1 Å². The molecule has 0 fully saturated rings. The molecule has 2 aromatic carbocycles. The minimum atomic E-state index is -0.464. The first-order chi connectivity index (χ1) is 12.0. The number of rotatable bonds is 4. The van der Waals surface area contributed by atoms with Gasteiger partial charge in [-0.05, 0) is 36.8 Å². The number of carbonyl (C=O) groups is 2. The molecule has 0 spiro atoms. The molecule has 0 saturated carbocycles. The Morgan fingerprint density at radius 3 is 2.72 bits per heavy atom. The molecule has 0 unspecified atom stereocenters. The summed E-state index contributed by atoms with van der Waals surface area (Å²) in [6.45, 7) is 2.26. The monoisotopic (exact) mass is 341 g/mol. The molecular weight excluding hydrogens is 322 g/mol. The lowest BCUT2D eigenvalue weighted by Crippen LogP contribution is -2.38. The average molecular weight is 341 g/mol. The number of benzene rings is 2. The van der Waals surface area contributed by atoms with Gasteiger partial charge in [-0.3, -0.25) is 4.79 Å². The number of ether oxygens (including phenoxy) is 3. The van der Waals surface area contributed by atoms with Gasteiger partial charge in [0.05, 0.1) is 32.0 Å². The zero-order valence-electron chi connectivity index (χ0n) is 14.4. The summed E-state index contributed by atoms with van der Waals surface area (Å²) in [5, 5.41) is 0. The SMILES string of the molecule is COC(=O)c1ccc2c(c1)N(Cc1ccc(C)cc1OC)C(=O)CO2. The molecule has 0 bridgehead atoms. The standard InChI is InChI=1S/C19H19NO5/c1-12-4-5-14(17(8-12)23-2)10-20-15-9-13(19(22)24-3)6-7-16(15)25-11-18(20)21/h4-9H,10-11H2,1-3H3. The van der Waals surface area contributed by atoms with Crippen LogP contribution < -0.4 is 14.4 Å². The smallest absolute Gasteiger partial charge is 0.337 e. The van der Waals surface area contributed by atoms with Crippen LogP contribution in [0.4, 0.5) is 5.69 Å². The van der Waals surface area contributed by atoms with E-state index < -0.39 is 5.97 Å². The second-order valence-electron chi connectivity index (χ2n) is 5.76. The molecule has 25 heavy (non-hydrogen) atoms. The lowest BCUT2D eigenvalue weighted by Gasteiger charge is -2.30. The molecular formula is C19H19NO5. The van der Waals surface area contributed by atoms with Crippen molar-refractivity contribution in [3.8, 4) is 11.5 Å². The number of amides is 1. The van der Waals surface area contributed by atoms with Crippen LogP contribution in [0.25, 0.3) is 0 Å². The zero-order chi connectivity index (χ0) is 18.0. The minimum Gasteiger partial charge on any atom is -0.496 e. The Hall–Kier alpha value is -3.02. The molecule has 6 heteroatoms. The van der Waals surface area contributed by atoms with Gasteiger partial charge in [0.15, 0.2) is 6.61 Å². The normalized spacial score (nSPS) is 13.1. The summed E-state index contributed by atoms with van der Waals surface area (Å²) in [5.74, 6) is 0.620. The summed E-state index contributed by atoms with van der Waals surface area (Å²) in [6.07, 6.45) is 0. The van der Waals surface area contributed by atoms with Crippen LogP contribution in [0.1, 0.15) is 21.5 Å². The Balaban J connectivity index is 2.00. The van der Waals surface area contributed by atoms with Gasteiger partial charge >= 0.3 is 5.97 Å². The van der Waals surface area contributed by atoms with Gasteiger partial charge in [-0.2, -0.15) is 0 Å². The first-order valence-electron chi connectivity index (χ1n) is 7.82. The van der Waals surface area contributed by atoms with E-state index in [9.17, 15) is 9.59 Å². The maximum Gasteiger partial charge on any atom is 0.337 e. The van der Waals surface area contributed by atoms with E-state index in [1.807, 2.05) is 25.1 Å². The molecule has 0 radical (unpaired) electrons. The third-order valence-electron chi connectivity index (χ3n) is 4.09. The van der Waals surface area contributed by atoms with Crippen LogP contribution in [-0.4, -0.2) is 32.7 Å². The van der Waals surface area contributed by atoms with Crippen molar-refractivity contribution in [1.82, 2.24) is 0 Å². The molecule has 0 N–H and O–H groups in total. The number of anilines is 1. The predicted molar refractivity (Wildman–Crippen MR) is 92.2 cm³/mol. The second-order valence-corrected chi connectivity index (χ2v) is 5.76. The summed E-state index contributed by atoms with van der Waals surface area (Å²) in [6, 6.07) is 10.7. The maximum atomic E-state index is 12.4. The van der Waals surface area contributed by atoms with E-state index in [2.05, 4.69) is 0 Å². The Labute approximate surface area is 145 Å². The fraction of sp³-hybridized carbons (Fsp3) is 0.263. The van der Waals surface area contributed by atoms with Crippen LogP contribution in [-0.2, 0) is 16.1 Å². The molecule has 0 saturated heterocycles. The van der Waals surface area contributed by atoms with Gasteiger partial charge in [0.25, 0.3) is 5.91 Å². The average Bonchev–Trinajstić information content (AvgIpc) is 2.64. The zero-order valence-corrected chi connectivity index (χ0v) is 14.4. The Morgan fingerprint density at radius 2 is 2.00 bits per heavy atom. The van der Waals surface area contributed by atoms with E-state index in [4.69, 9.17) is 14.2 Å². The summed E-state index contributed by atoms with van der Waals surface area (Å²) >= 11 is 0. The van der Waals surface area contributed by atoms with Crippen molar-refractivity contribution >= 4 is 17.6 Å². The molecule has 1 aliphatic rings. The van der Waals surface area contributed by atoms with Gasteiger partial charge in [0.1, 0.15) is 11.5 Å². The first kappa shape index (κ1) is 16.8. The fourth-order valence-electron chi connectivity index (χ4n) is 2.77. The largest absolute Gasteiger partial charge is 0.496 e. The molecule has 2 aromatic rings. The van der Waals surface area contributed by atoms with Crippen LogP contribution in [0.2, 0.25) is 0 Å². The number of nitrogens with zero attached hydrogens (tertiary/aromatic N) is 1. The van der Waals surface area contributed by atoms with Crippen molar-refractivity contribution in [3.63, 3.8) is 0 Å².